The quantitative estimate of drug-likeness (QED) is 0.717. The van der Waals surface area contributed by atoms with E-state index in [1.807, 2.05) is 11.0 Å². The van der Waals surface area contributed by atoms with Crippen LogP contribution in [0.4, 0.5) is 0 Å². The van der Waals surface area contributed by atoms with Crippen LogP contribution in [0.25, 0.3) is 0 Å². The normalized spacial score (nSPS) is 15.5. The topological polar surface area (TPSA) is 33.5 Å². The SMILES string of the molecule is O=C(CCl)N(Cc1ccoc1)C1CC1. The highest BCUT2D eigenvalue weighted by molar-refractivity contribution is 6.27. The lowest BCUT2D eigenvalue weighted by molar-refractivity contribution is -0.129. The van der Waals surface area contributed by atoms with Gasteiger partial charge in [-0.1, -0.05) is 0 Å². The van der Waals surface area contributed by atoms with Gasteiger partial charge >= 0.3 is 0 Å². The van der Waals surface area contributed by atoms with Gasteiger partial charge in [0, 0.05) is 18.2 Å². The number of carbonyl (C=O) groups is 1. The summed E-state index contributed by atoms with van der Waals surface area (Å²) in [7, 11) is 0. The van der Waals surface area contributed by atoms with Crippen LogP contribution in [-0.4, -0.2) is 22.7 Å². The lowest BCUT2D eigenvalue weighted by Gasteiger charge is -2.20. The Morgan fingerprint density at radius 3 is 2.93 bits per heavy atom. The van der Waals surface area contributed by atoms with Crippen LogP contribution in [0.1, 0.15) is 18.4 Å². The average molecular weight is 214 g/mol. The van der Waals surface area contributed by atoms with E-state index in [2.05, 4.69) is 0 Å². The van der Waals surface area contributed by atoms with E-state index in [0.29, 0.717) is 12.6 Å². The molecule has 1 saturated carbocycles. The summed E-state index contributed by atoms with van der Waals surface area (Å²) in [5.41, 5.74) is 1.02. The molecule has 0 saturated heterocycles. The summed E-state index contributed by atoms with van der Waals surface area (Å²) < 4.78 is 4.96. The average Bonchev–Trinajstić information content (AvgIpc) is 2.92. The summed E-state index contributed by atoms with van der Waals surface area (Å²) in [4.78, 5) is 13.3. The van der Waals surface area contributed by atoms with Crippen molar-refractivity contribution in [3.63, 3.8) is 0 Å². The molecule has 1 heterocycles. The fraction of sp³-hybridized carbons (Fsp3) is 0.500. The molecular formula is C10H12ClNO2. The maximum Gasteiger partial charge on any atom is 0.238 e. The number of carbonyl (C=O) groups excluding carboxylic acids is 1. The highest BCUT2D eigenvalue weighted by Crippen LogP contribution is 2.28. The lowest BCUT2D eigenvalue weighted by Crippen LogP contribution is -2.33. The maximum absolute atomic E-state index is 11.5. The predicted octanol–water partition coefficient (Wildman–Crippen LogP) is 2.01. The van der Waals surface area contributed by atoms with E-state index in [0.717, 1.165) is 18.4 Å². The van der Waals surface area contributed by atoms with Gasteiger partial charge in [0.25, 0.3) is 0 Å². The molecule has 1 aliphatic carbocycles. The molecule has 1 aromatic rings. The number of furan rings is 1. The Balaban J connectivity index is 2.00. The van der Waals surface area contributed by atoms with Crippen molar-refractivity contribution in [2.24, 2.45) is 0 Å². The number of alkyl halides is 1. The predicted molar refractivity (Wildman–Crippen MR) is 53.0 cm³/mol. The van der Waals surface area contributed by atoms with E-state index in [1.54, 1.807) is 12.5 Å². The molecule has 14 heavy (non-hydrogen) atoms. The van der Waals surface area contributed by atoms with Crippen LogP contribution in [0, 0.1) is 0 Å². The van der Waals surface area contributed by atoms with Crippen LogP contribution in [0.2, 0.25) is 0 Å². The number of nitrogens with zero attached hydrogens (tertiary/aromatic N) is 1. The molecule has 0 radical (unpaired) electrons. The molecular weight excluding hydrogens is 202 g/mol. The first kappa shape index (κ1) is 9.59. The zero-order chi connectivity index (χ0) is 9.97. The van der Waals surface area contributed by atoms with Crippen molar-refractivity contribution in [2.75, 3.05) is 5.88 Å². The van der Waals surface area contributed by atoms with Crippen LogP contribution >= 0.6 is 11.6 Å². The fourth-order valence-corrected chi connectivity index (χ4v) is 1.62. The first-order chi connectivity index (χ1) is 6.81. The van der Waals surface area contributed by atoms with E-state index < -0.39 is 0 Å². The van der Waals surface area contributed by atoms with E-state index >= 15 is 0 Å². The molecule has 0 aromatic carbocycles. The number of amides is 1. The van der Waals surface area contributed by atoms with Crippen LogP contribution in [0.15, 0.2) is 23.0 Å². The van der Waals surface area contributed by atoms with Crippen molar-refractivity contribution >= 4 is 17.5 Å². The third-order valence-electron chi connectivity index (χ3n) is 2.36. The molecule has 1 aliphatic rings. The summed E-state index contributed by atoms with van der Waals surface area (Å²) in [5.74, 6) is 0.0734. The Labute approximate surface area is 87.6 Å². The minimum atomic E-state index is 0.00960. The summed E-state index contributed by atoms with van der Waals surface area (Å²) >= 11 is 5.54. The van der Waals surface area contributed by atoms with Gasteiger partial charge in [0.15, 0.2) is 0 Å². The number of halogens is 1. The Kier molecular flexibility index (Phi) is 2.77. The van der Waals surface area contributed by atoms with Gasteiger partial charge in [0.05, 0.1) is 12.5 Å². The molecule has 0 bridgehead atoms. The zero-order valence-corrected chi connectivity index (χ0v) is 8.54. The van der Waals surface area contributed by atoms with Gasteiger partial charge in [-0.15, -0.1) is 11.6 Å². The standard InChI is InChI=1S/C10H12ClNO2/c11-5-10(13)12(9-1-2-9)6-8-3-4-14-7-8/h3-4,7,9H,1-2,5-6H2. The van der Waals surface area contributed by atoms with Crippen molar-refractivity contribution in [3.8, 4) is 0 Å². The minimum Gasteiger partial charge on any atom is -0.472 e. The van der Waals surface area contributed by atoms with Crippen molar-refractivity contribution in [1.29, 1.82) is 0 Å². The van der Waals surface area contributed by atoms with E-state index in [9.17, 15) is 4.79 Å². The first-order valence-electron chi connectivity index (χ1n) is 4.68. The molecule has 0 unspecified atom stereocenters. The summed E-state index contributed by atoms with van der Waals surface area (Å²) in [6, 6.07) is 2.27. The molecule has 1 aromatic heterocycles. The molecule has 3 nitrogen and oxygen atoms in total. The largest absolute Gasteiger partial charge is 0.472 e. The molecule has 0 spiro atoms. The van der Waals surface area contributed by atoms with Gasteiger partial charge in [0.2, 0.25) is 5.91 Å². The third kappa shape index (κ3) is 2.10. The van der Waals surface area contributed by atoms with Gasteiger partial charge in [-0.3, -0.25) is 4.79 Å². The summed E-state index contributed by atoms with van der Waals surface area (Å²) in [6.45, 7) is 0.618. The van der Waals surface area contributed by atoms with Gasteiger partial charge in [-0.05, 0) is 18.9 Å². The molecule has 4 heteroatoms. The number of hydrogen-bond donors (Lipinski definition) is 0. The Morgan fingerprint density at radius 1 is 1.64 bits per heavy atom. The van der Waals surface area contributed by atoms with Gasteiger partial charge in [-0.2, -0.15) is 0 Å². The van der Waals surface area contributed by atoms with Crippen LogP contribution in [0.3, 0.4) is 0 Å². The Morgan fingerprint density at radius 2 is 2.43 bits per heavy atom. The van der Waals surface area contributed by atoms with E-state index in [-0.39, 0.29) is 11.8 Å². The van der Waals surface area contributed by atoms with E-state index in [4.69, 9.17) is 16.0 Å². The van der Waals surface area contributed by atoms with Gasteiger partial charge in [0.1, 0.15) is 5.88 Å². The molecule has 76 valence electrons. The second-order valence-corrected chi connectivity index (χ2v) is 3.79. The van der Waals surface area contributed by atoms with Crippen molar-refractivity contribution < 1.29 is 9.21 Å². The number of rotatable bonds is 4. The van der Waals surface area contributed by atoms with Crippen molar-refractivity contribution in [3.05, 3.63) is 24.2 Å². The van der Waals surface area contributed by atoms with Crippen molar-refractivity contribution in [2.45, 2.75) is 25.4 Å². The van der Waals surface area contributed by atoms with Crippen LogP contribution in [0.5, 0.6) is 0 Å². The second kappa shape index (κ2) is 4.05. The van der Waals surface area contributed by atoms with Gasteiger partial charge in [-0.25, -0.2) is 0 Å². The molecule has 1 amide bonds. The van der Waals surface area contributed by atoms with E-state index in [1.165, 1.54) is 0 Å². The smallest absolute Gasteiger partial charge is 0.238 e. The molecule has 0 aliphatic heterocycles. The maximum atomic E-state index is 11.5. The molecule has 2 rings (SSSR count). The monoisotopic (exact) mass is 213 g/mol. The van der Waals surface area contributed by atoms with Crippen LogP contribution < -0.4 is 0 Å². The lowest BCUT2D eigenvalue weighted by atomic mass is 10.3. The van der Waals surface area contributed by atoms with Crippen LogP contribution in [-0.2, 0) is 11.3 Å². The summed E-state index contributed by atoms with van der Waals surface area (Å²) in [6.07, 6.45) is 5.48. The molecule has 0 N–H and O–H groups in total. The zero-order valence-electron chi connectivity index (χ0n) is 7.78. The highest BCUT2D eigenvalue weighted by atomic mass is 35.5. The Bertz CT molecular complexity index is 306. The highest BCUT2D eigenvalue weighted by Gasteiger charge is 2.32. The first-order valence-corrected chi connectivity index (χ1v) is 5.21. The molecule has 1 fully saturated rings. The third-order valence-corrected chi connectivity index (χ3v) is 2.58. The molecule has 0 atom stereocenters. The minimum absolute atomic E-state index is 0.00960. The summed E-state index contributed by atoms with van der Waals surface area (Å²) in [5, 5.41) is 0. The van der Waals surface area contributed by atoms with Crippen molar-refractivity contribution in [1.82, 2.24) is 4.90 Å². The second-order valence-electron chi connectivity index (χ2n) is 3.52. The Hall–Kier alpha value is -0.960. The number of hydrogen-bond acceptors (Lipinski definition) is 2. The fourth-order valence-electron chi connectivity index (χ4n) is 1.46. The van der Waals surface area contributed by atoms with Gasteiger partial charge < -0.3 is 9.32 Å².